The minimum atomic E-state index is 0.199. The van der Waals surface area contributed by atoms with Gasteiger partial charge in [0, 0.05) is 63.4 Å². The smallest absolute Gasteiger partial charge is 0.0126 e. The Hall–Kier alpha value is -0.200. The molecule has 0 rings (SSSR count). The van der Waals surface area contributed by atoms with E-state index < -0.39 is 0 Å². The normalized spacial score (nSPS) is 13.1. The Morgan fingerprint density at radius 3 is 1.96 bits per heavy atom. The summed E-state index contributed by atoms with van der Waals surface area (Å²) < 4.78 is 0. The molecule has 0 aromatic carbocycles. The molecule has 0 spiro atoms. The minimum absolute atomic E-state index is 0.199. The summed E-state index contributed by atoms with van der Waals surface area (Å²) >= 11 is 0. The molecule has 5 heteroatoms. The number of hydrogen-bond donors (Lipinski definition) is 3. The van der Waals surface area contributed by atoms with Gasteiger partial charge in [-0.05, 0) is 61.6 Å². The van der Waals surface area contributed by atoms with Crippen molar-refractivity contribution < 1.29 is 0 Å². The van der Waals surface area contributed by atoms with E-state index in [9.17, 15) is 0 Å². The van der Waals surface area contributed by atoms with Crippen molar-refractivity contribution in [1.29, 1.82) is 0 Å². The highest BCUT2D eigenvalue weighted by Crippen LogP contribution is 2.12. The Balaban J connectivity index is 4.51. The Bertz CT molecular complexity index is 346. The molecule has 170 valence electrons. The van der Waals surface area contributed by atoms with Gasteiger partial charge in [0.25, 0.3) is 0 Å². The number of unbranched alkanes of at least 4 members (excludes halogenated alkanes) is 3. The number of hydrogen-bond acceptors (Lipinski definition) is 5. The molecule has 0 unspecified atom stereocenters. The molecule has 0 saturated carbocycles. The maximum atomic E-state index is 3.65. The van der Waals surface area contributed by atoms with Crippen LogP contribution in [-0.2, 0) is 0 Å². The molecule has 0 aromatic heterocycles. The van der Waals surface area contributed by atoms with Crippen molar-refractivity contribution in [2.45, 2.75) is 85.2 Å². The average Bonchev–Trinajstić information content (AvgIpc) is 2.58. The fourth-order valence-corrected chi connectivity index (χ4v) is 3.28. The summed E-state index contributed by atoms with van der Waals surface area (Å²) in [5.74, 6) is 0. The van der Waals surface area contributed by atoms with E-state index in [1.54, 1.807) is 0 Å². The van der Waals surface area contributed by atoms with E-state index in [0.717, 1.165) is 52.4 Å². The molecule has 0 fully saturated rings. The van der Waals surface area contributed by atoms with Crippen molar-refractivity contribution in [1.82, 2.24) is 25.8 Å². The average molecular weight is 400 g/mol. The molecule has 0 heterocycles. The van der Waals surface area contributed by atoms with Crippen LogP contribution in [0.3, 0.4) is 0 Å². The number of rotatable bonds is 17. The van der Waals surface area contributed by atoms with Gasteiger partial charge in [-0.1, -0.05) is 26.2 Å². The van der Waals surface area contributed by atoms with E-state index in [1.807, 2.05) is 7.05 Å². The maximum absolute atomic E-state index is 3.65. The van der Waals surface area contributed by atoms with Gasteiger partial charge in [0.1, 0.15) is 0 Å². The van der Waals surface area contributed by atoms with Crippen LogP contribution >= 0.6 is 0 Å². The minimum Gasteiger partial charge on any atom is -0.318 e. The molecule has 0 aliphatic heterocycles. The summed E-state index contributed by atoms with van der Waals surface area (Å²) in [4.78, 5) is 5.30. The second kappa shape index (κ2) is 15.6. The van der Waals surface area contributed by atoms with Crippen LogP contribution in [0.5, 0.6) is 0 Å². The molecular weight excluding hydrogens is 346 g/mol. The van der Waals surface area contributed by atoms with Gasteiger partial charge in [-0.15, -0.1) is 0 Å². The highest BCUT2D eigenvalue weighted by molar-refractivity contribution is 4.79. The van der Waals surface area contributed by atoms with Gasteiger partial charge < -0.3 is 20.9 Å². The molecule has 5 nitrogen and oxygen atoms in total. The van der Waals surface area contributed by atoms with E-state index >= 15 is 0 Å². The summed E-state index contributed by atoms with van der Waals surface area (Å²) in [6.07, 6.45) is 5.35. The molecule has 0 aromatic rings. The summed E-state index contributed by atoms with van der Waals surface area (Å²) in [6, 6.07) is 0. The van der Waals surface area contributed by atoms with Gasteiger partial charge in [-0.2, -0.15) is 0 Å². The second-order valence-electron chi connectivity index (χ2n) is 10.1. The highest BCUT2D eigenvalue weighted by Gasteiger charge is 2.21. The van der Waals surface area contributed by atoms with Crippen LogP contribution in [0.4, 0.5) is 0 Å². The molecule has 28 heavy (non-hydrogen) atoms. The SMILES string of the molecule is CCCCCCN(CCNC(C)(C)C)CCN(CCNCCNC)C(C)(C)C. The van der Waals surface area contributed by atoms with Crippen molar-refractivity contribution in [3.05, 3.63) is 0 Å². The zero-order valence-electron chi connectivity index (χ0n) is 20.6. The third-order valence-electron chi connectivity index (χ3n) is 5.16. The first-order chi connectivity index (χ1) is 13.1. The van der Waals surface area contributed by atoms with E-state index in [2.05, 4.69) is 74.2 Å². The van der Waals surface area contributed by atoms with E-state index in [4.69, 9.17) is 0 Å². The van der Waals surface area contributed by atoms with Crippen molar-refractivity contribution in [3.63, 3.8) is 0 Å². The first-order valence-corrected chi connectivity index (χ1v) is 11.7. The molecule has 0 aliphatic rings. The fraction of sp³-hybridized carbons (Fsp3) is 1.00. The van der Waals surface area contributed by atoms with Gasteiger partial charge in [-0.3, -0.25) is 4.90 Å². The molecular formula is C23H53N5. The second-order valence-corrected chi connectivity index (χ2v) is 10.1. The fourth-order valence-electron chi connectivity index (χ4n) is 3.28. The lowest BCUT2D eigenvalue weighted by Crippen LogP contribution is -2.49. The van der Waals surface area contributed by atoms with Gasteiger partial charge in [0.2, 0.25) is 0 Å². The van der Waals surface area contributed by atoms with Crippen LogP contribution in [0.25, 0.3) is 0 Å². The van der Waals surface area contributed by atoms with Crippen LogP contribution in [-0.4, -0.2) is 86.8 Å². The number of likely N-dealkylation sites (N-methyl/N-ethyl adjacent to an activating group) is 1. The predicted molar refractivity (Wildman–Crippen MR) is 126 cm³/mol. The van der Waals surface area contributed by atoms with Crippen LogP contribution in [0.1, 0.15) is 74.1 Å². The van der Waals surface area contributed by atoms with Crippen LogP contribution < -0.4 is 16.0 Å². The van der Waals surface area contributed by atoms with E-state index in [-0.39, 0.29) is 11.1 Å². The van der Waals surface area contributed by atoms with Crippen molar-refractivity contribution in [3.8, 4) is 0 Å². The van der Waals surface area contributed by atoms with Gasteiger partial charge in [0.15, 0.2) is 0 Å². The standard InChI is InChI=1S/C23H53N5/c1-9-10-11-12-17-27(18-16-26-22(2,3)4)20-21-28(23(5,6)7)19-15-25-14-13-24-8/h24-26H,9-21H2,1-8H3. The lowest BCUT2D eigenvalue weighted by atomic mass is 10.1. The van der Waals surface area contributed by atoms with Crippen LogP contribution in [0.2, 0.25) is 0 Å². The maximum Gasteiger partial charge on any atom is 0.0126 e. The summed E-state index contributed by atoms with van der Waals surface area (Å²) in [7, 11) is 2.01. The van der Waals surface area contributed by atoms with Gasteiger partial charge in [0.05, 0.1) is 0 Å². The first kappa shape index (κ1) is 27.8. The lowest BCUT2D eigenvalue weighted by Gasteiger charge is -2.37. The molecule has 3 N–H and O–H groups in total. The molecule has 0 amide bonds. The summed E-state index contributed by atoms with van der Waals surface area (Å²) in [6.45, 7) is 26.0. The van der Waals surface area contributed by atoms with Crippen LogP contribution in [0.15, 0.2) is 0 Å². The largest absolute Gasteiger partial charge is 0.318 e. The topological polar surface area (TPSA) is 42.6 Å². The third-order valence-corrected chi connectivity index (χ3v) is 5.16. The van der Waals surface area contributed by atoms with Crippen molar-refractivity contribution in [2.75, 3.05) is 66.0 Å². The Morgan fingerprint density at radius 1 is 0.679 bits per heavy atom. The predicted octanol–water partition coefficient (Wildman–Crippen LogP) is 3.17. The molecule has 0 aliphatic carbocycles. The van der Waals surface area contributed by atoms with Gasteiger partial charge >= 0.3 is 0 Å². The Kier molecular flexibility index (Phi) is 15.5. The number of nitrogens with zero attached hydrogens (tertiary/aromatic N) is 2. The van der Waals surface area contributed by atoms with E-state index in [0.29, 0.717) is 0 Å². The van der Waals surface area contributed by atoms with Gasteiger partial charge in [-0.25, -0.2) is 0 Å². The monoisotopic (exact) mass is 399 g/mol. The zero-order valence-corrected chi connectivity index (χ0v) is 20.6. The lowest BCUT2D eigenvalue weighted by molar-refractivity contribution is 0.114. The molecule has 0 bridgehead atoms. The number of nitrogens with one attached hydrogen (secondary N) is 3. The Labute approximate surface area is 177 Å². The van der Waals surface area contributed by atoms with Crippen molar-refractivity contribution >= 4 is 0 Å². The Morgan fingerprint density at radius 2 is 1.39 bits per heavy atom. The molecule has 0 radical (unpaired) electrons. The molecule has 0 atom stereocenters. The third kappa shape index (κ3) is 16.7. The summed E-state index contributed by atoms with van der Waals surface area (Å²) in [5.41, 5.74) is 0.409. The quantitative estimate of drug-likeness (QED) is 0.328. The highest BCUT2D eigenvalue weighted by atomic mass is 15.2. The van der Waals surface area contributed by atoms with E-state index in [1.165, 1.54) is 32.2 Å². The first-order valence-electron chi connectivity index (χ1n) is 11.7. The van der Waals surface area contributed by atoms with Crippen LogP contribution in [0, 0.1) is 0 Å². The van der Waals surface area contributed by atoms with Crippen molar-refractivity contribution in [2.24, 2.45) is 0 Å². The summed E-state index contributed by atoms with van der Waals surface area (Å²) in [5, 5.41) is 10.4. The zero-order chi connectivity index (χ0) is 21.5. The molecule has 0 saturated heterocycles.